The third kappa shape index (κ3) is 4.60. The second-order valence-corrected chi connectivity index (χ2v) is 6.78. The number of ether oxygens (including phenoxy) is 3. The Bertz CT molecular complexity index is 254. The quantitative estimate of drug-likeness (QED) is 0.805. The summed E-state index contributed by atoms with van der Waals surface area (Å²) >= 11 is 2.06. The monoisotopic (exact) mass is 289 g/mol. The average molecular weight is 289 g/mol. The largest absolute Gasteiger partial charge is 0.382 e. The van der Waals surface area contributed by atoms with Crippen molar-refractivity contribution in [1.29, 1.82) is 0 Å². The lowest BCUT2D eigenvalue weighted by molar-refractivity contribution is -0.0945. The van der Waals surface area contributed by atoms with Crippen LogP contribution in [0, 0.1) is 0 Å². The Morgan fingerprint density at radius 1 is 1.37 bits per heavy atom. The summed E-state index contributed by atoms with van der Waals surface area (Å²) in [6.45, 7) is 2.40. The van der Waals surface area contributed by atoms with Crippen molar-refractivity contribution in [3.63, 3.8) is 0 Å². The van der Waals surface area contributed by atoms with E-state index in [1.807, 2.05) is 0 Å². The minimum Gasteiger partial charge on any atom is -0.382 e. The molecule has 0 saturated carbocycles. The van der Waals surface area contributed by atoms with E-state index in [9.17, 15) is 0 Å². The van der Waals surface area contributed by atoms with Crippen LogP contribution in [-0.2, 0) is 14.2 Å². The Morgan fingerprint density at radius 3 is 2.84 bits per heavy atom. The minimum atomic E-state index is 0.144. The van der Waals surface area contributed by atoms with Crippen LogP contribution in [0.1, 0.15) is 25.7 Å². The van der Waals surface area contributed by atoms with Gasteiger partial charge in [0.25, 0.3) is 0 Å². The second kappa shape index (κ2) is 7.84. The number of hydrogen-bond donors (Lipinski definition) is 1. The van der Waals surface area contributed by atoms with E-state index in [0.717, 1.165) is 26.0 Å². The highest BCUT2D eigenvalue weighted by molar-refractivity contribution is 7.99. The van der Waals surface area contributed by atoms with Crippen LogP contribution in [0.5, 0.6) is 0 Å². The van der Waals surface area contributed by atoms with E-state index in [0.29, 0.717) is 12.6 Å². The highest BCUT2D eigenvalue weighted by Crippen LogP contribution is 2.37. The number of rotatable bonds is 6. The van der Waals surface area contributed by atoms with Gasteiger partial charge in [0.05, 0.1) is 18.3 Å². The topological polar surface area (TPSA) is 39.7 Å². The molecule has 2 aliphatic heterocycles. The second-order valence-electron chi connectivity index (χ2n) is 5.55. The van der Waals surface area contributed by atoms with Gasteiger partial charge in [-0.3, -0.25) is 0 Å². The van der Waals surface area contributed by atoms with E-state index < -0.39 is 0 Å². The summed E-state index contributed by atoms with van der Waals surface area (Å²) in [4.78, 5) is 0. The highest BCUT2D eigenvalue weighted by atomic mass is 32.2. The van der Waals surface area contributed by atoms with Crippen molar-refractivity contribution < 1.29 is 14.2 Å². The molecule has 0 aromatic carbocycles. The highest BCUT2D eigenvalue weighted by Gasteiger charge is 2.38. The maximum Gasteiger partial charge on any atom is 0.0928 e. The normalized spacial score (nSPS) is 28.4. The van der Waals surface area contributed by atoms with Crippen molar-refractivity contribution in [2.45, 2.75) is 43.4 Å². The zero-order valence-electron chi connectivity index (χ0n) is 12.2. The van der Waals surface area contributed by atoms with Crippen molar-refractivity contribution in [2.24, 2.45) is 0 Å². The van der Waals surface area contributed by atoms with Gasteiger partial charge >= 0.3 is 0 Å². The lowest BCUT2D eigenvalue weighted by Gasteiger charge is -2.43. The van der Waals surface area contributed by atoms with Gasteiger partial charge in [-0.2, -0.15) is 11.8 Å². The van der Waals surface area contributed by atoms with Gasteiger partial charge in [0.15, 0.2) is 0 Å². The maximum atomic E-state index is 6.11. The van der Waals surface area contributed by atoms with Crippen LogP contribution < -0.4 is 5.32 Å². The van der Waals surface area contributed by atoms with E-state index >= 15 is 0 Å². The van der Waals surface area contributed by atoms with E-state index in [1.165, 1.54) is 24.3 Å². The fourth-order valence-electron chi connectivity index (χ4n) is 2.99. The van der Waals surface area contributed by atoms with Gasteiger partial charge in [-0.05, 0) is 37.2 Å². The zero-order chi connectivity index (χ0) is 13.6. The van der Waals surface area contributed by atoms with Crippen LogP contribution >= 0.6 is 11.8 Å². The summed E-state index contributed by atoms with van der Waals surface area (Å²) in [5.41, 5.74) is 0.158. The molecule has 2 saturated heterocycles. The molecule has 0 radical (unpaired) electrons. The third-order valence-electron chi connectivity index (χ3n) is 4.22. The molecule has 5 heteroatoms. The molecular weight excluding hydrogens is 262 g/mol. The van der Waals surface area contributed by atoms with Crippen molar-refractivity contribution in [2.75, 3.05) is 45.5 Å². The summed E-state index contributed by atoms with van der Waals surface area (Å²) in [5, 5.41) is 3.64. The lowest BCUT2D eigenvalue weighted by atomic mass is 9.85. The molecule has 4 nitrogen and oxygen atoms in total. The molecule has 2 unspecified atom stereocenters. The van der Waals surface area contributed by atoms with Crippen LogP contribution in [0.2, 0.25) is 0 Å². The van der Waals surface area contributed by atoms with Crippen molar-refractivity contribution >= 4 is 11.8 Å². The van der Waals surface area contributed by atoms with E-state index in [1.54, 1.807) is 14.2 Å². The summed E-state index contributed by atoms with van der Waals surface area (Å²) in [6.07, 6.45) is 4.82. The van der Waals surface area contributed by atoms with E-state index in [-0.39, 0.29) is 11.7 Å². The molecule has 0 bridgehead atoms. The summed E-state index contributed by atoms with van der Waals surface area (Å²) in [6, 6.07) is 0.561. The van der Waals surface area contributed by atoms with Crippen LogP contribution in [0.15, 0.2) is 0 Å². The van der Waals surface area contributed by atoms with Crippen molar-refractivity contribution in [3.05, 3.63) is 0 Å². The average Bonchev–Trinajstić information content (AvgIpc) is 2.44. The first-order chi connectivity index (χ1) is 9.28. The summed E-state index contributed by atoms with van der Waals surface area (Å²) in [5.74, 6) is 2.49. The van der Waals surface area contributed by atoms with E-state index in [4.69, 9.17) is 14.2 Å². The molecule has 1 N–H and O–H groups in total. The number of methoxy groups -OCH3 is 2. The van der Waals surface area contributed by atoms with Crippen molar-refractivity contribution in [1.82, 2.24) is 5.32 Å². The molecule has 2 fully saturated rings. The van der Waals surface area contributed by atoms with Crippen LogP contribution in [0.4, 0.5) is 0 Å². The summed E-state index contributed by atoms with van der Waals surface area (Å²) in [7, 11) is 3.46. The molecule has 0 aromatic rings. The first kappa shape index (κ1) is 15.6. The maximum absolute atomic E-state index is 6.11. The molecule has 1 spiro atoms. The Balaban J connectivity index is 1.77. The van der Waals surface area contributed by atoms with E-state index in [2.05, 4.69) is 17.1 Å². The first-order valence-corrected chi connectivity index (χ1v) is 8.40. The Kier molecular flexibility index (Phi) is 6.42. The van der Waals surface area contributed by atoms with Gasteiger partial charge < -0.3 is 19.5 Å². The predicted octanol–water partition coefficient (Wildman–Crippen LogP) is 1.68. The predicted molar refractivity (Wildman–Crippen MR) is 78.9 cm³/mol. The molecular formula is C14H27NO3S. The van der Waals surface area contributed by atoms with Gasteiger partial charge in [-0.1, -0.05) is 0 Å². The molecule has 112 valence electrons. The molecule has 19 heavy (non-hydrogen) atoms. The molecule has 2 rings (SSSR count). The van der Waals surface area contributed by atoms with Crippen molar-refractivity contribution in [3.8, 4) is 0 Å². The lowest BCUT2D eigenvalue weighted by Crippen LogP contribution is -2.50. The van der Waals surface area contributed by atoms with Gasteiger partial charge in [-0.25, -0.2) is 0 Å². The fraction of sp³-hybridized carbons (Fsp3) is 1.00. The van der Waals surface area contributed by atoms with Gasteiger partial charge in [-0.15, -0.1) is 0 Å². The number of thioether (sulfide) groups is 1. The van der Waals surface area contributed by atoms with Gasteiger partial charge in [0.2, 0.25) is 0 Å². The molecule has 2 heterocycles. The zero-order valence-corrected chi connectivity index (χ0v) is 13.0. The Hall–Kier alpha value is 0.190. The first-order valence-electron chi connectivity index (χ1n) is 7.25. The Labute approximate surface area is 120 Å². The van der Waals surface area contributed by atoms with Crippen LogP contribution in [-0.4, -0.2) is 63.2 Å². The number of nitrogens with one attached hydrogen (secondary N) is 1. The van der Waals surface area contributed by atoms with Gasteiger partial charge in [0.1, 0.15) is 0 Å². The molecule has 2 atom stereocenters. The molecule has 2 aliphatic rings. The SMILES string of the molecule is COCC(CNC1CCOC2(CCSCC2)C1)OC. The van der Waals surface area contributed by atoms with Crippen LogP contribution in [0.3, 0.4) is 0 Å². The van der Waals surface area contributed by atoms with Crippen LogP contribution in [0.25, 0.3) is 0 Å². The third-order valence-corrected chi connectivity index (χ3v) is 5.20. The number of hydrogen-bond acceptors (Lipinski definition) is 5. The summed E-state index contributed by atoms with van der Waals surface area (Å²) < 4.78 is 16.7. The standard InChI is InChI=1S/C14H27NO3S/c1-16-11-13(17-2)10-15-12-3-6-18-14(9-12)4-7-19-8-5-14/h12-13,15H,3-11H2,1-2H3. The molecule has 0 amide bonds. The smallest absolute Gasteiger partial charge is 0.0928 e. The van der Waals surface area contributed by atoms with Gasteiger partial charge in [0, 0.05) is 33.4 Å². The fourth-order valence-corrected chi connectivity index (χ4v) is 4.22. The Morgan fingerprint density at radius 2 is 2.16 bits per heavy atom. The minimum absolute atomic E-state index is 0.144. The molecule has 0 aromatic heterocycles. The molecule has 0 aliphatic carbocycles.